The quantitative estimate of drug-likeness (QED) is 0.0600. The van der Waals surface area contributed by atoms with E-state index in [9.17, 15) is 37.2 Å². The number of nitrogens with one attached hydrogen (secondary N) is 6. The lowest BCUT2D eigenvalue weighted by molar-refractivity contribution is -0.346. The van der Waals surface area contributed by atoms with Crippen LogP contribution in [0, 0.1) is 55.4 Å². The second-order valence-electron chi connectivity index (χ2n) is 33.7. The number of aryl methyl sites for hydroxylation is 8. The number of carbonyl (C=O) groups is 6. The van der Waals surface area contributed by atoms with Crippen LogP contribution in [-0.4, -0.2) is 137 Å². The molecular formula is C104H81ClN19O10S13+. The summed E-state index contributed by atoms with van der Waals surface area (Å²) in [5, 5.41) is 22.5. The zero-order valence-corrected chi connectivity index (χ0v) is 90.9. The molecule has 0 radical (unpaired) electrons. The molecular weight excluding hydrogens is 2130 g/mol. The van der Waals surface area contributed by atoms with Crippen LogP contribution in [0.25, 0.3) is 123 Å². The van der Waals surface area contributed by atoms with Crippen molar-refractivity contribution in [2.75, 3.05) is 65.8 Å². The molecule has 12 aromatic heterocycles. The number of halogens is 1. The number of H-pyrrole nitrogens is 1. The van der Waals surface area contributed by atoms with Crippen LogP contribution < -0.4 is 45.9 Å². The van der Waals surface area contributed by atoms with E-state index in [-0.39, 0.29) is 46.9 Å². The minimum Gasteiger partial charge on any atom is -0.493 e. The predicted molar refractivity (Wildman–Crippen MR) is 606 cm³/mol. The van der Waals surface area contributed by atoms with E-state index in [0.717, 1.165) is 182 Å². The number of nitrogens with zero attached hydrogens (tertiary/aromatic N) is 13. The summed E-state index contributed by atoms with van der Waals surface area (Å²) in [4.78, 5) is 129. The second-order valence-corrected chi connectivity index (χ2v) is 49.0. The molecule has 1 aliphatic heterocycles. The number of hydrogen-bond acceptors (Lipinski definition) is 33. The van der Waals surface area contributed by atoms with Crippen molar-refractivity contribution in [1.82, 2.24) is 59.1 Å². The molecule has 0 saturated carbocycles. The number of ether oxygens (including phenoxy) is 2. The molecule has 0 atom stereocenters. The van der Waals surface area contributed by atoms with Gasteiger partial charge < -0.3 is 9.47 Å². The van der Waals surface area contributed by atoms with Crippen molar-refractivity contribution in [3.63, 3.8) is 0 Å². The van der Waals surface area contributed by atoms with E-state index in [1.165, 1.54) is 111 Å². The van der Waals surface area contributed by atoms with Crippen LogP contribution in [0.2, 0.25) is 5.02 Å². The maximum absolute atomic E-state index is 12.7. The Bertz CT molecular complexity index is 9400. The van der Waals surface area contributed by atoms with Crippen LogP contribution in [0.1, 0.15) is 99.6 Å². The number of hydrogen-bond donors (Lipinski definition) is 5. The average molecular weight is 2210 g/mol. The number of carbonyl (C=O) groups excluding carboxylic acids is 6. The number of anilines is 6. The molecule has 736 valence electrons. The molecule has 6 amide bonds. The van der Waals surface area contributed by atoms with Crippen molar-refractivity contribution < 1.29 is 51.6 Å². The molecule has 25 rings (SSSR count). The van der Waals surface area contributed by atoms with E-state index >= 15 is 0 Å². The largest absolute Gasteiger partial charge is 0.493 e. The minimum atomic E-state index is -3.53. The number of sulfonamides is 1. The highest BCUT2D eigenvalue weighted by molar-refractivity contribution is 7.89. The third-order valence-corrected chi connectivity index (χ3v) is 36.2. The van der Waals surface area contributed by atoms with Gasteiger partial charge in [0.1, 0.15) is 48.5 Å². The SMILES string of the molecule is Cc1cc(Cl)cc(C(=O)Nc2nc3ccc4scnc4c3s2)c1.Cc1ccc(OCC(=O)Nc2nc3ccc4sc(C)nc4c3s2)cc1.Cc1cccc(C(=O)N(C)c2nc3ccc4sc(C)nc4c3s2)c1.Cc1cccc(C(=O)Nc2nc3ccc4sc(C)[nH+]c4c3s2)c1.Cc1nc2c(ccc3nc(NC(=O)c4ccc(S(=O)(=O)N(C)C)cc4)sc32)s1.O=C(Nc1nc2ccc3scnc3c2s1)c1ccc2c(c1)OCC2. The summed E-state index contributed by atoms with van der Waals surface area (Å²) < 4.78 is 49.3. The summed E-state index contributed by atoms with van der Waals surface area (Å²) in [6.07, 6.45) is 0.902. The van der Waals surface area contributed by atoms with Gasteiger partial charge in [0.25, 0.3) is 35.4 Å². The van der Waals surface area contributed by atoms with E-state index < -0.39 is 10.0 Å². The molecule has 0 unspecified atom stereocenters. The molecule has 12 aromatic carbocycles. The van der Waals surface area contributed by atoms with Crippen molar-refractivity contribution >= 4 is 346 Å². The van der Waals surface area contributed by atoms with Gasteiger partial charge in [-0.3, -0.25) is 60.3 Å². The lowest BCUT2D eigenvalue weighted by Crippen LogP contribution is -2.26. The van der Waals surface area contributed by atoms with Gasteiger partial charge in [0, 0.05) is 67.3 Å². The molecule has 1 aliphatic rings. The van der Waals surface area contributed by atoms with Gasteiger partial charge in [0.2, 0.25) is 20.5 Å². The molecule has 43 heteroatoms. The molecule has 147 heavy (non-hydrogen) atoms. The molecule has 0 bridgehead atoms. The Kier molecular flexibility index (Phi) is 29.2. The van der Waals surface area contributed by atoms with Crippen LogP contribution in [0.4, 0.5) is 30.8 Å². The summed E-state index contributed by atoms with van der Waals surface area (Å²) in [6.45, 7) is 16.5. The average Bonchev–Trinajstić information content (AvgIpc) is 1.60. The van der Waals surface area contributed by atoms with E-state index in [2.05, 4.69) is 99.4 Å². The van der Waals surface area contributed by atoms with E-state index in [1.54, 1.807) is 98.2 Å². The topological polar surface area (TPSA) is 378 Å². The summed E-state index contributed by atoms with van der Waals surface area (Å²) in [7, 11) is 1.17. The van der Waals surface area contributed by atoms with Crippen molar-refractivity contribution in [3.8, 4) is 11.5 Å². The normalized spacial score (nSPS) is 11.7. The first-order valence-corrected chi connectivity index (χ1v) is 56.8. The number of aromatic nitrogens is 12. The third kappa shape index (κ3) is 22.3. The van der Waals surface area contributed by atoms with E-state index in [0.29, 0.717) is 76.0 Å². The Hall–Kier alpha value is -14.1. The first-order valence-electron chi connectivity index (χ1n) is 45.0. The molecule has 0 aliphatic carbocycles. The zero-order valence-electron chi connectivity index (χ0n) is 79.5. The fraction of sp³-hybridized carbons (Fsp3) is 0.135. The summed E-state index contributed by atoms with van der Waals surface area (Å²) in [6, 6.07) is 63.3. The van der Waals surface area contributed by atoms with Gasteiger partial charge in [-0.15, -0.1) is 56.7 Å². The number of fused-ring (bicyclic) bond motifs is 19. The van der Waals surface area contributed by atoms with Gasteiger partial charge in [-0.25, -0.2) is 67.5 Å². The van der Waals surface area contributed by atoms with Crippen LogP contribution in [0.5, 0.6) is 11.5 Å². The van der Waals surface area contributed by atoms with E-state index in [1.807, 2.05) is 217 Å². The molecule has 29 nitrogen and oxygen atoms in total. The first-order chi connectivity index (χ1) is 70.8. The Morgan fingerprint density at radius 2 is 0.823 bits per heavy atom. The zero-order chi connectivity index (χ0) is 102. The number of aromatic amines is 1. The third-order valence-electron chi connectivity index (χ3n) is 22.7. The maximum Gasteiger partial charge on any atom is 0.264 e. The molecule has 0 saturated heterocycles. The first kappa shape index (κ1) is 100. The van der Waals surface area contributed by atoms with Gasteiger partial charge in [0.15, 0.2) is 37.4 Å². The monoisotopic (exact) mass is 2210 g/mol. The number of thiazole rings is 12. The standard InChI is InChI=1S/C18H16N4O3S3.C18H15N3O2S2.C18H15N3OS2.C17H11N3O2S2.C17H13N3OS2.C16H10ClN3OS2/c1-10-19-15-14(26-10)9-8-13-16(15)27-18(20-13)21-17(23)11-4-6-12(7-5-11)28(24,25)22(2)3;1-10-3-5-12(6-4-10)23-9-15(22)21-18-20-13-7-8-14-16(17(13)25-18)19-11(2)24-14;1-10-5-4-6-12(9-10)17(22)21(3)18-20-13-7-8-14-15(16(13)24-18)19-11(2)23-14;21-16(10-2-1-9-5-6-22-12(9)7-10)20-17-19-11-3-4-13-14(15(11)24-17)18-8-23-13;1-9-4-3-5-11(8-9)16(21)20-17-19-12-6-7-13-14(15(12)23-17)18-10(2)22-13;1-8-4-9(6-10(17)5-8)15(21)20-16-19-11-2-3-12-13(14(11)23-16)18-7-22-12/h4-9H,1-3H3,(H,20,21,23);3-8H,9H2,1-2H3,(H,20,21,22);4-9H,1-3H3;1-4,7-8H,5-6H2,(H,19,20,21);3-8H,1-2H3,(H,19,20,21);2-7H,1H3,(H,19,20,21)/p+1. The molecule has 0 fully saturated rings. The number of rotatable bonds is 16. The lowest BCUT2D eigenvalue weighted by Gasteiger charge is -2.13. The number of amides is 6. The van der Waals surface area contributed by atoms with Gasteiger partial charge in [-0.1, -0.05) is 150 Å². The van der Waals surface area contributed by atoms with Gasteiger partial charge >= 0.3 is 0 Å². The van der Waals surface area contributed by atoms with Gasteiger partial charge in [-0.05, 0) is 223 Å². The predicted octanol–water partition coefficient (Wildman–Crippen LogP) is 26.5. The van der Waals surface area contributed by atoms with Crippen molar-refractivity contribution in [2.24, 2.45) is 0 Å². The van der Waals surface area contributed by atoms with E-state index in [4.69, 9.17) is 21.1 Å². The van der Waals surface area contributed by atoms with Crippen molar-refractivity contribution in [1.29, 1.82) is 0 Å². The highest BCUT2D eigenvalue weighted by atomic mass is 35.5. The fourth-order valence-corrected chi connectivity index (χ4v) is 27.8. The Balaban J connectivity index is 0.000000107. The summed E-state index contributed by atoms with van der Waals surface area (Å²) in [5.41, 5.74) is 22.7. The summed E-state index contributed by atoms with van der Waals surface area (Å²) in [5.74, 6) is 0.314. The molecule has 6 N–H and O–H groups in total. The van der Waals surface area contributed by atoms with Gasteiger partial charge in [0.05, 0.1) is 118 Å². The Morgan fingerprint density at radius 3 is 1.33 bits per heavy atom. The Labute approximate surface area is 890 Å². The van der Waals surface area contributed by atoms with Crippen LogP contribution in [0.3, 0.4) is 0 Å². The molecule has 24 aromatic rings. The Morgan fingerprint density at radius 1 is 0.395 bits per heavy atom. The maximum atomic E-state index is 12.7. The highest BCUT2D eigenvalue weighted by Crippen LogP contribution is 2.43. The highest BCUT2D eigenvalue weighted by Gasteiger charge is 2.26. The van der Waals surface area contributed by atoms with Gasteiger partial charge in [-0.2, -0.15) is 4.98 Å². The lowest BCUT2D eigenvalue weighted by atomic mass is 10.1. The second kappa shape index (κ2) is 42.8. The summed E-state index contributed by atoms with van der Waals surface area (Å²) >= 11 is 24.6. The van der Waals surface area contributed by atoms with Crippen LogP contribution >= 0.6 is 148 Å². The minimum absolute atomic E-state index is 0.0514. The molecule has 0 spiro atoms. The van der Waals surface area contributed by atoms with Crippen molar-refractivity contribution in [3.05, 3.63) is 298 Å². The van der Waals surface area contributed by atoms with Crippen LogP contribution in [-0.2, 0) is 21.2 Å². The number of benzene rings is 12. The molecule has 13 heterocycles. The van der Waals surface area contributed by atoms with Crippen LogP contribution in [0.15, 0.2) is 222 Å². The smallest absolute Gasteiger partial charge is 0.264 e. The fourth-order valence-electron chi connectivity index (χ4n) is 15.7. The van der Waals surface area contributed by atoms with Crippen molar-refractivity contribution in [2.45, 2.75) is 66.7 Å².